The minimum absolute atomic E-state index is 0.216. The van der Waals surface area contributed by atoms with Crippen LogP contribution in [0.5, 0.6) is 0 Å². The number of fused-ring (bicyclic) bond motifs is 1. The fraction of sp³-hybridized carbons (Fsp3) is 0.133. The summed E-state index contributed by atoms with van der Waals surface area (Å²) in [6.07, 6.45) is 1.50. The SMILES string of the molecule is CC(NC(=O)c1ccnc(Cl)c1)c1nc2ccccc2[nH]1. The Hall–Kier alpha value is -2.40. The average molecular weight is 301 g/mol. The minimum atomic E-state index is -0.239. The van der Waals surface area contributed by atoms with E-state index in [1.165, 1.54) is 12.3 Å². The van der Waals surface area contributed by atoms with E-state index in [1.54, 1.807) is 6.07 Å². The highest BCUT2D eigenvalue weighted by molar-refractivity contribution is 6.29. The first-order valence-electron chi connectivity index (χ1n) is 6.50. The highest BCUT2D eigenvalue weighted by atomic mass is 35.5. The summed E-state index contributed by atoms with van der Waals surface area (Å²) in [5.74, 6) is 0.497. The van der Waals surface area contributed by atoms with Crippen LogP contribution in [0.2, 0.25) is 5.15 Å². The smallest absolute Gasteiger partial charge is 0.252 e. The predicted molar refractivity (Wildman–Crippen MR) is 81.2 cm³/mol. The lowest BCUT2D eigenvalue weighted by atomic mass is 10.2. The summed E-state index contributed by atoms with van der Waals surface area (Å²) >= 11 is 5.79. The van der Waals surface area contributed by atoms with Gasteiger partial charge in [-0.3, -0.25) is 4.79 Å². The van der Waals surface area contributed by atoms with Gasteiger partial charge in [-0.25, -0.2) is 9.97 Å². The van der Waals surface area contributed by atoms with Gasteiger partial charge >= 0.3 is 0 Å². The van der Waals surface area contributed by atoms with Crippen molar-refractivity contribution in [2.45, 2.75) is 13.0 Å². The summed E-state index contributed by atoms with van der Waals surface area (Å²) in [6.45, 7) is 1.87. The Morgan fingerprint density at radius 1 is 1.33 bits per heavy atom. The van der Waals surface area contributed by atoms with Crippen molar-refractivity contribution in [3.05, 3.63) is 59.1 Å². The molecule has 1 amide bonds. The maximum absolute atomic E-state index is 12.2. The van der Waals surface area contributed by atoms with Crippen molar-refractivity contribution in [1.82, 2.24) is 20.3 Å². The molecule has 1 unspecified atom stereocenters. The van der Waals surface area contributed by atoms with Crippen molar-refractivity contribution in [3.8, 4) is 0 Å². The largest absolute Gasteiger partial charge is 0.342 e. The van der Waals surface area contributed by atoms with Crippen LogP contribution in [0.1, 0.15) is 29.1 Å². The molecule has 0 bridgehead atoms. The van der Waals surface area contributed by atoms with E-state index >= 15 is 0 Å². The van der Waals surface area contributed by atoms with Gasteiger partial charge in [0.25, 0.3) is 5.91 Å². The second kappa shape index (κ2) is 5.54. The van der Waals surface area contributed by atoms with Gasteiger partial charge < -0.3 is 10.3 Å². The topological polar surface area (TPSA) is 70.7 Å². The first-order valence-corrected chi connectivity index (χ1v) is 6.88. The molecular formula is C15H13ClN4O. The molecule has 0 aliphatic heterocycles. The molecule has 0 radical (unpaired) electrons. The van der Waals surface area contributed by atoms with E-state index in [2.05, 4.69) is 20.3 Å². The molecule has 0 aliphatic carbocycles. The molecule has 0 saturated carbocycles. The fourth-order valence-corrected chi connectivity index (χ4v) is 2.24. The molecule has 1 aromatic carbocycles. The Morgan fingerprint density at radius 3 is 2.90 bits per heavy atom. The van der Waals surface area contributed by atoms with Gasteiger partial charge in [-0.15, -0.1) is 0 Å². The van der Waals surface area contributed by atoms with Crippen molar-refractivity contribution >= 4 is 28.5 Å². The van der Waals surface area contributed by atoms with Gasteiger partial charge in [-0.2, -0.15) is 0 Å². The van der Waals surface area contributed by atoms with E-state index in [0.29, 0.717) is 16.5 Å². The first-order chi connectivity index (χ1) is 10.1. The molecule has 0 saturated heterocycles. The Morgan fingerprint density at radius 2 is 2.14 bits per heavy atom. The number of hydrogen-bond donors (Lipinski definition) is 2. The number of halogens is 1. The number of aromatic nitrogens is 3. The monoisotopic (exact) mass is 300 g/mol. The van der Waals surface area contributed by atoms with E-state index < -0.39 is 0 Å². The highest BCUT2D eigenvalue weighted by Gasteiger charge is 2.15. The molecule has 2 aromatic heterocycles. The van der Waals surface area contributed by atoms with Gasteiger partial charge in [0.05, 0.1) is 17.1 Å². The lowest BCUT2D eigenvalue weighted by molar-refractivity contribution is 0.0938. The van der Waals surface area contributed by atoms with E-state index in [4.69, 9.17) is 11.6 Å². The molecule has 0 spiro atoms. The van der Waals surface area contributed by atoms with E-state index in [9.17, 15) is 4.79 Å². The van der Waals surface area contributed by atoms with Gasteiger partial charge in [0.1, 0.15) is 11.0 Å². The molecule has 2 heterocycles. The number of nitrogens with one attached hydrogen (secondary N) is 2. The highest BCUT2D eigenvalue weighted by Crippen LogP contribution is 2.16. The van der Waals surface area contributed by atoms with Crippen LogP contribution in [0.4, 0.5) is 0 Å². The second-order valence-electron chi connectivity index (χ2n) is 4.70. The van der Waals surface area contributed by atoms with Crippen LogP contribution in [0.3, 0.4) is 0 Å². The Bertz CT molecular complexity index is 766. The molecule has 0 aliphatic rings. The molecule has 2 N–H and O–H groups in total. The zero-order chi connectivity index (χ0) is 14.8. The Labute approximate surface area is 126 Å². The number of rotatable bonds is 3. The van der Waals surface area contributed by atoms with Crippen LogP contribution in [0, 0.1) is 0 Å². The van der Waals surface area contributed by atoms with Crippen LogP contribution in [-0.2, 0) is 0 Å². The number of hydrogen-bond acceptors (Lipinski definition) is 3. The third-order valence-corrected chi connectivity index (χ3v) is 3.36. The third kappa shape index (κ3) is 2.87. The number of amides is 1. The number of benzene rings is 1. The van der Waals surface area contributed by atoms with Crippen molar-refractivity contribution in [2.24, 2.45) is 0 Å². The minimum Gasteiger partial charge on any atom is -0.342 e. The van der Waals surface area contributed by atoms with E-state index in [1.807, 2.05) is 31.2 Å². The van der Waals surface area contributed by atoms with Gasteiger partial charge in [-0.05, 0) is 31.2 Å². The normalized spacial score (nSPS) is 12.3. The number of para-hydroxylation sites is 2. The quantitative estimate of drug-likeness (QED) is 0.730. The van der Waals surface area contributed by atoms with Crippen LogP contribution < -0.4 is 5.32 Å². The third-order valence-electron chi connectivity index (χ3n) is 3.15. The van der Waals surface area contributed by atoms with Gasteiger partial charge in [0.2, 0.25) is 0 Å². The Kier molecular flexibility index (Phi) is 3.58. The number of pyridine rings is 1. The van der Waals surface area contributed by atoms with Crippen LogP contribution in [0.15, 0.2) is 42.6 Å². The molecular weight excluding hydrogens is 288 g/mol. The van der Waals surface area contributed by atoms with E-state index in [-0.39, 0.29) is 11.9 Å². The molecule has 21 heavy (non-hydrogen) atoms. The zero-order valence-electron chi connectivity index (χ0n) is 11.3. The standard InChI is InChI=1S/C15H13ClN4O/c1-9(14-19-11-4-2-3-5-12(11)20-14)18-15(21)10-6-7-17-13(16)8-10/h2-9H,1H3,(H,18,21)(H,19,20). The number of imidazole rings is 1. The van der Waals surface area contributed by atoms with Crippen LogP contribution in [0.25, 0.3) is 11.0 Å². The lowest BCUT2D eigenvalue weighted by Crippen LogP contribution is -2.27. The van der Waals surface area contributed by atoms with Gasteiger partial charge in [0.15, 0.2) is 0 Å². The summed E-state index contributed by atoms with van der Waals surface area (Å²) < 4.78 is 0. The van der Waals surface area contributed by atoms with Crippen LogP contribution >= 0.6 is 11.6 Å². The predicted octanol–water partition coefficient (Wildman–Crippen LogP) is 3.10. The van der Waals surface area contributed by atoms with Crippen molar-refractivity contribution < 1.29 is 4.79 Å². The lowest BCUT2D eigenvalue weighted by Gasteiger charge is -2.11. The average Bonchev–Trinajstić information content (AvgIpc) is 2.91. The van der Waals surface area contributed by atoms with Crippen molar-refractivity contribution in [3.63, 3.8) is 0 Å². The zero-order valence-corrected chi connectivity index (χ0v) is 12.1. The second-order valence-corrected chi connectivity index (χ2v) is 5.09. The maximum atomic E-state index is 12.2. The van der Waals surface area contributed by atoms with Crippen molar-refractivity contribution in [2.75, 3.05) is 0 Å². The molecule has 3 aromatic rings. The summed E-state index contributed by atoms with van der Waals surface area (Å²) in [4.78, 5) is 23.7. The summed E-state index contributed by atoms with van der Waals surface area (Å²) in [6, 6.07) is 10.6. The first kappa shape index (κ1) is 13.6. The van der Waals surface area contributed by atoms with Crippen LogP contribution in [-0.4, -0.2) is 20.9 Å². The molecule has 5 nitrogen and oxygen atoms in total. The Balaban J connectivity index is 1.79. The summed E-state index contributed by atoms with van der Waals surface area (Å²) in [5, 5.41) is 3.17. The molecule has 6 heteroatoms. The molecule has 1 atom stereocenters. The molecule has 0 fully saturated rings. The number of carbonyl (C=O) groups is 1. The van der Waals surface area contributed by atoms with Gasteiger partial charge in [-0.1, -0.05) is 23.7 Å². The number of H-pyrrole nitrogens is 1. The summed E-state index contributed by atoms with van der Waals surface area (Å²) in [7, 11) is 0. The van der Waals surface area contributed by atoms with Gasteiger partial charge in [0, 0.05) is 11.8 Å². The summed E-state index contributed by atoms with van der Waals surface area (Å²) in [5.41, 5.74) is 2.29. The number of nitrogens with zero attached hydrogens (tertiary/aromatic N) is 2. The number of carbonyl (C=O) groups excluding carboxylic acids is 1. The maximum Gasteiger partial charge on any atom is 0.252 e. The fourth-order valence-electron chi connectivity index (χ4n) is 2.07. The number of aromatic amines is 1. The van der Waals surface area contributed by atoms with E-state index in [0.717, 1.165) is 11.0 Å². The molecule has 106 valence electrons. The van der Waals surface area contributed by atoms with Crippen molar-refractivity contribution in [1.29, 1.82) is 0 Å². The molecule has 3 rings (SSSR count).